The van der Waals surface area contributed by atoms with Crippen molar-refractivity contribution in [2.45, 2.75) is 26.8 Å². The maximum Gasteiger partial charge on any atom is 0.311 e. The molecule has 0 aromatic carbocycles. The van der Waals surface area contributed by atoms with E-state index in [0.29, 0.717) is 18.9 Å². The van der Waals surface area contributed by atoms with Gasteiger partial charge in [-0.1, -0.05) is 0 Å². The molecule has 0 spiro atoms. The van der Waals surface area contributed by atoms with Gasteiger partial charge in [-0.05, 0) is 26.8 Å². The van der Waals surface area contributed by atoms with E-state index in [1.165, 1.54) is 17.0 Å². The summed E-state index contributed by atoms with van der Waals surface area (Å²) in [6.07, 6.45) is 0. The number of carbonyl (C=O) groups is 1. The zero-order valence-corrected chi connectivity index (χ0v) is 12.7. The van der Waals surface area contributed by atoms with Gasteiger partial charge in [0.25, 0.3) is 0 Å². The molecular formula is C13H21N5O3. The largest absolute Gasteiger partial charge is 0.370 e. The summed E-state index contributed by atoms with van der Waals surface area (Å²) in [5.41, 5.74) is -0.157. The average Bonchev–Trinajstić information content (AvgIpc) is 2.45. The molecule has 1 atom stereocenters. The van der Waals surface area contributed by atoms with E-state index in [4.69, 9.17) is 0 Å². The van der Waals surface area contributed by atoms with Gasteiger partial charge in [-0.3, -0.25) is 14.9 Å². The lowest BCUT2D eigenvalue weighted by molar-refractivity contribution is -0.384. The van der Waals surface area contributed by atoms with E-state index in [0.717, 1.165) is 0 Å². The number of hydrogen-bond donors (Lipinski definition) is 2. The highest BCUT2D eigenvalue weighted by Crippen LogP contribution is 2.24. The number of hydrogen-bond acceptors (Lipinski definition) is 6. The van der Waals surface area contributed by atoms with Crippen LogP contribution in [0.4, 0.5) is 17.3 Å². The fourth-order valence-corrected chi connectivity index (χ4v) is 1.74. The summed E-state index contributed by atoms with van der Waals surface area (Å²) in [7, 11) is 1.68. The predicted octanol–water partition coefficient (Wildman–Crippen LogP) is 1.70. The molecule has 1 heterocycles. The molecule has 0 radical (unpaired) electrons. The number of aromatic nitrogens is 1. The second kappa shape index (κ2) is 7.41. The molecule has 116 valence electrons. The van der Waals surface area contributed by atoms with Crippen LogP contribution in [0.15, 0.2) is 12.1 Å². The SMILES string of the molecule is CCNc1ccc([N+](=O)[O-])c(NC(C)C(=O)N(C)CC)n1. The van der Waals surface area contributed by atoms with E-state index >= 15 is 0 Å². The van der Waals surface area contributed by atoms with Crippen LogP contribution in [0.2, 0.25) is 0 Å². The van der Waals surface area contributed by atoms with Gasteiger partial charge in [-0.15, -0.1) is 0 Å². The van der Waals surface area contributed by atoms with Crippen LogP contribution in [-0.4, -0.2) is 46.9 Å². The monoisotopic (exact) mass is 295 g/mol. The van der Waals surface area contributed by atoms with Crippen LogP contribution in [0.5, 0.6) is 0 Å². The lowest BCUT2D eigenvalue weighted by Gasteiger charge is -2.21. The number of nitro groups is 1. The fourth-order valence-electron chi connectivity index (χ4n) is 1.74. The van der Waals surface area contributed by atoms with E-state index in [2.05, 4.69) is 15.6 Å². The van der Waals surface area contributed by atoms with E-state index in [1.807, 2.05) is 13.8 Å². The first kappa shape index (κ1) is 16.7. The highest BCUT2D eigenvalue weighted by Gasteiger charge is 2.22. The molecule has 8 nitrogen and oxygen atoms in total. The minimum Gasteiger partial charge on any atom is -0.370 e. The number of nitrogens with zero attached hydrogens (tertiary/aromatic N) is 3. The van der Waals surface area contributed by atoms with E-state index in [-0.39, 0.29) is 17.4 Å². The topological polar surface area (TPSA) is 100 Å². The molecule has 1 amide bonds. The second-order valence-electron chi connectivity index (χ2n) is 4.57. The third-order valence-electron chi connectivity index (χ3n) is 3.00. The number of pyridine rings is 1. The van der Waals surface area contributed by atoms with Crippen molar-refractivity contribution < 1.29 is 9.72 Å². The third-order valence-corrected chi connectivity index (χ3v) is 3.00. The quantitative estimate of drug-likeness (QED) is 0.586. The first-order valence-electron chi connectivity index (χ1n) is 6.81. The van der Waals surface area contributed by atoms with Crippen molar-refractivity contribution >= 4 is 23.2 Å². The molecule has 1 aromatic heterocycles. The second-order valence-corrected chi connectivity index (χ2v) is 4.57. The smallest absolute Gasteiger partial charge is 0.311 e. The minimum absolute atomic E-state index is 0.0869. The van der Waals surface area contributed by atoms with E-state index < -0.39 is 11.0 Å². The molecule has 1 rings (SSSR count). The van der Waals surface area contributed by atoms with Gasteiger partial charge in [0.05, 0.1) is 4.92 Å². The summed E-state index contributed by atoms with van der Waals surface area (Å²) in [6.45, 7) is 6.63. The number of nitrogens with one attached hydrogen (secondary N) is 2. The molecule has 21 heavy (non-hydrogen) atoms. The highest BCUT2D eigenvalue weighted by atomic mass is 16.6. The van der Waals surface area contributed by atoms with Gasteiger partial charge in [-0.2, -0.15) is 0 Å². The summed E-state index contributed by atoms with van der Waals surface area (Å²) in [6, 6.07) is 2.31. The Kier molecular flexibility index (Phi) is 5.89. The zero-order chi connectivity index (χ0) is 16.0. The molecule has 0 aliphatic rings. The first-order chi connectivity index (χ1) is 9.90. The Morgan fingerprint density at radius 3 is 2.67 bits per heavy atom. The number of carbonyl (C=O) groups excluding carboxylic acids is 1. The lowest BCUT2D eigenvalue weighted by atomic mass is 10.2. The van der Waals surface area contributed by atoms with Crippen LogP contribution in [0.25, 0.3) is 0 Å². The molecule has 1 aromatic rings. The Labute approximate surface area is 123 Å². The maximum atomic E-state index is 12.0. The number of rotatable bonds is 7. The van der Waals surface area contributed by atoms with Crippen LogP contribution in [0.3, 0.4) is 0 Å². The molecule has 0 fully saturated rings. The molecule has 0 bridgehead atoms. The Bertz CT molecular complexity index is 521. The molecule has 0 saturated heterocycles. The molecule has 0 aliphatic heterocycles. The molecule has 2 N–H and O–H groups in total. The Morgan fingerprint density at radius 2 is 2.14 bits per heavy atom. The summed E-state index contributed by atoms with van der Waals surface area (Å²) in [4.78, 5) is 28.2. The van der Waals surface area contributed by atoms with Crippen LogP contribution < -0.4 is 10.6 Å². The summed E-state index contributed by atoms with van der Waals surface area (Å²) >= 11 is 0. The van der Waals surface area contributed by atoms with Gasteiger partial charge < -0.3 is 15.5 Å². The van der Waals surface area contributed by atoms with Gasteiger partial charge in [0, 0.05) is 26.2 Å². The molecular weight excluding hydrogens is 274 g/mol. The van der Waals surface area contributed by atoms with Crippen molar-refractivity contribution in [1.29, 1.82) is 0 Å². The van der Waals surface area contributed by atoms with Crippen molar-refractivity contribution in [2.75, 3.05) is 30.8 Å². The standard InChI is InChI=1S/C13H21N5O3/c1-5-14-11-8-7-10(18(20)21)12(16-11)15-9(3)13(19)17(4)6-2/h7-9H,5-6H2,1-4H3,(H2,14,15,16). The molecule has 0 aliphatic carbocycles. The average molecular weight is 295 g/mol. The Morgan fingerprint density at radius 1 is 1.48 bits per heavy atom. The van der Waals surface area contributed by atoms with E-state index in [9.17, 15) is 14.9 Å². The molecule has 0 saturated carbocycles. The molecule has 8 heteroatoms. The number of anilines is 2. The van der Waals surface area contributed by atoms with Gasteiger partial charge in [0.15, 0.2) is 0 Å². The third kappa shape index (κ3) is 4.30. The number of amides is 1. The maximum absolute atomic E-state index is 12.0. The minimum atomic E-state index is -0.599. The van der Waals surface area contributed by atoms with Gasteiger partial charge in [-0.25, -0.2) is 4.98 Å². The van der Waals surface area contributed by atoms with Crippen LogP contribution in [-0.2, 0) is 4.79 Å². The van der Waals surface area contributed by atoms with Crippen LogP contribution >= 0.6 is 0 Å². The fraction of sp³-hybridized carbons (Fsp3) is 0.538. The van der Waals surface area contributed by atoms with Crippen molar-refractivity contribution in [2.24, 2.45) is 0 Å². The van der Waals surface area contributed by atoms with Gasteiger partial charge in [0.1, 0.15) is 11.9 Å². The highest BCUT2D eigenvalue weighted by molar-refractivity contribution is 5.84. The first-order valence-corrected chi connectivity index (χ1v) is 6.81. The van der Waals surface area contributed by atoms with Crippen molar-refractivity contribution in [3.63, 3.8) is 0 Å². The normalized spacial score (nSPS) is 11.6. The van der Waals surface area contributed by atoms with Crippen molar-refractivity contribution in [1.82, 2.24) is 9.88 Å². The molecule has 1 unspecified atom stereocenters. The Hall–Kier alpha value is -2.38. The summed E-state index contributed by atoms with van der Waals surface area (Å²) < 4.78 is 0. The zero-order valence-electron chi connectivity index (χ0n) is 12.7. The number of likely N-dealkylation sites (N-methyl/N-ethyl adjacent to an activating group) is 1. The van der Waals surface area contributed by atoms with E-state index in [1.54, 1.807) is 14.0 Å². The predicted molar refractivity (Wildman–Crippen MR) is 81.5 cm³/mol. The van der Waals surface area contributed by atoms with Crippen molar-refractivity contribution in [3.8, 4) is 0 Å². The van der Waals surface area contributed by atoms with Gasteiger partial charge >= 0.3 is 5.69 Å². The lowest BCUT2D eigenvalue weighted by Crippen LogP contribution is -2.39. The van der Waals surface area contributed by atoms with Crippen LogP contribution in [0, 0.1) is 10.1 Å². The summed E-state index contributed by atoms with van der Waals surface area (Å²) in [5, 5.41) is 16.8. The summed E-state index contributed by atoms with van der Waals surface area (Å²) in [5.74, 6) is 0.459. The van der Waals surface area contributed by atoms with Gasteiger partial charge in [0.2, 0.25) is 11.7 Å². The van der Waals surface area contributed by atoms with Crippen LogP contribution in [0.1, 0.15) is 20.8 Å². The van der Waals surface area contributed by atoms with Crippen molar-refractivity contribution in [3.05, 3.63) is 22.2 Å². The Balaban J connectivity index is 3.01.